The fraction of sp³-hybridized carbons (Fsp3) is 0.111. The van der Waals surface area contributed by atoms with Gasteiger partial charge in [0.25, 0.3) is 5.91 Å². The van der Waals surface area contributed by atoms with Gasteiger partial charge in [0.2, 0.25) is 0 Å². The number of rotatable bonds is 4. The van der Waals surface area contributed by atoms with E-state index in [2.05, 4.69) is 18.5 Å². The Balaban J connectivity index is 2.35. The molecule has 0 aromatic heterocycles. The third-order valence-corrected chi connectivity index (χ3v) is 3.04. The smallest absolute Gasteiger partial charge is 0.338 e. The van der Waals surface area contributed by atoms with Crippen LogP contribution in [0.25, 0.3) is 10.8 Å². The van der Waals surface area contributed by atoms with E-state index in [-0.39, 0.29) is 5.91 Å². The highest BCUT2D eigenvalue weighted by Crippen LogP contribution is 2.28. The average molecular weight is 295 g/mol. The summed E-state index contributed by atoms with van der Waals surface area (Å²) in [5, 5.41) is 4.39. The second kappa shape index (κ2) is 6.26. The molecule has 0 bridgehead atoms. The van der Waals surface area contributed by atoms with Crippen molar-refractivity contribution < 1.29 is 14.3 Å². The van der Waals surface area contributed by atoms with Gasteiger partial charge in [-0.05, 0) is 43.5 Å². The standard InChI is InChI=1S/C18H17NO3/c1-11(2)17(20)19-14-8-9-15-13(10-14)6-5-7-16(15)22-18(21)12(3)4/h5-10H,1,3H2,2,4H3,(H,19,20). The predicted octanol–water partition coefficient (Wildman–Crippen LogP) is 3.84. The molecule has 0 fully saturated rings. The van der Waals surface area contributed by atoms with Crippen LogP contribution in [0, 0.1) is 0 Å². The van der Waals surface area contributed by atoms with Gasteiger partial charge in [-0.2, -0.15) is 0 Å². The Bertz CT molecular complexity index is 790. The van der Waals surface area contributed by atoms with E-state index in [9.17, 15) is 9.59 Å². The Hall–Kier alpha value is -2.88. The molecule has 2 aromatic rings. The maximum absolute atomic E-state index is 11.7. The van der Waals surface area contributed by atoms with Crippen molar-refractivity contribution in [3.63, 3.8) is 0 Å². The molecule has 0 saturated carbocycles. The van der Waals surface area contributed by atoms with Crippen LogP contribution in [0.5, 0.6) is 5.75 Å². The molecule has 0 aliphatic heterocycles. The van der Waals surface area contributed by atoms with Crippen LogP contribution < -0.4 is 10.1 Å². The van der Waals surface area contributed by atoms with Gasteiger partial charge in [0.05, 0.1) is 0 Å². The number of carbonyl (C=O) groups is 2. The SMILES string of the molecule is C=C(C)C(=O)Nc1ccc2c(OC(=O)C(=C)C)cccc2c1. The minimum atomic E-state index is -0.466. The van der Waals surface area contributed by atoms with Crippen LogP contribution >= 0.6 is 0 Å². The molecule has 0 unspecified atom stereocenters. The number of hydrogen-bond acceptors (Lipinski definition) is 3. The topological polar surface area (TPSA) is 55.4 Å². The minimum Gasteiger partial charge on any atom is -0.423 e. The number of anilines is 1. The molecule has 0 spiro atoms. The fourth-order valence-corrected chi connectivity index (χ4v) is 1.85. The monoisotopic (exact) mass is 295 g/mol. The van der Waals surface area contributed by atoms with E-state index in [1.165, 1.54) is 0 Å². The van der Waals surface area contributed by atoms with Gasteiger partial charge < -0.3 is 10.1 Å². The number of carbonyl (C=O) groups excluding carboxylic acids is 2. The van der Waals surface area contributed by atoms with E-state index in [1.807, 2.05) is 12.1 Å². The van der Waals surface area contributed by atoms with Crippen LogP contribution in [0.3, 0.4) is 0 Å². The number of esters is 1. The summed E-state index contributed by atoms with van der Waals surface area (Å²) < 4.78 is 5.31. The van der Waals surface area contributed by atoms with E-state index in [0.29, 0.717) is 22.6 Å². The lowest BCUT2D eigenvalue weighted by atomic mass is 10.1. The zero-order valence-corrected chi connectivity index (χ0v) is 12.6. The Kier molecular flexibility index (Phi) is 4.41. The van der Waals surface area contributed by atoms with E-state index < -0.39 is 5.97 Å². The van der Waals surface area contributed by atoms with Gasteiger partial charge in [-0.15, -0.1) is 0 Å². The molecule has 1 N–H and O–H groups in total. The molecule has 1 amide bonds. The minimum absolute atomic E-state index is 0.232. The van der Waals surface area contributed by atoms with E-state index in [4.69, 9.17) is 4.74 Å². The Morgan fingerprint density at radius 2 is 1.77 bits per heavy atom. The van der Waals surface area contributed by atoms with Crippen molar-refractivity contribution in [2.75, 3.05) is 5.32 Å². The number of ether oxygens (including phenoxy) is 1. The maximum Gasteiger partial charge on any atom is 0.338 e. The van der Waals surface area contributed by atoms with Gasteiger partial charge in [-0.1, -0.05) is 25.3 Å². The van der Waals surface area contributed by atoms with Crippen LogP contribution in [0.2, 0.25) is 0 Å². The number of hydrogen-bond donors (Lipinski definition) is 1. The van der Waals surface area contributed by atoms with Crippen molar-refractivity contribution >= 4 is 28.3 Å². The lowest BCUT2D eigenvalue weighted by Gasteiger charge is -2.10. The van der Waals surface area contributed by atoms with E-state index in [0.717, 1.165) is 10.8 Å². The summed E-state index contributed by atoms with van der Waals surface area (Å²) in [6.07, 6.45) is 0. The van der Waals surface area contributed by atoms with Crippen molar-refractivity contribution in [3.05, 3.63) is 60.7 Å². The first-order chi connectivity index (χ1) is 10.4. The predicted molar refractivity (Wildman–Crippen MR) is 87.8 cm³/mol. The molecule has 22 heavy (non-hydrogen) atoms. The number of benzene rings is 2. The first-order valence-corrected chi connectivity index (χ1v) is 6.76. The van der Waals surface area contributed by atoms with Crippen molar-refractivity contribution in [2.24, 2.45) is 0 Å². The van der Waals surface area contributed by atoms with Crippen molar-refractivity contribution in [1.29, 1.82) is 0 Å². The number of amides is 1. The summed E-state index contributed by atoms with van der Waals surface area (Å²) in [6, 6.07) is 10.7. The molecule has 4 nitrogen and oxygen atoms in total. The third-order valence-electron chi connectivity index (χ3n) is 3.04. The Labute approximate surface area is 129 Å². The molecule has 0 aliphatic rings. The molecule has 0 saturated heterocycles. The fourth-order valence-electron chi connectivity index (χ4n) is 1.85. The van der Waals surface area contributed by atoms with Gasteiger partial charge in [-0.25, -0.2) is 4.79 Å². The van der Waals surface area contributed by atoms with Crippen LogP contribution in [-0.4, -0.2) is 11.9 Å². The summed E-state index contributed by atoms with van der Waals surface area (Å²) >= 11 is 0. The Morgan fingerprint density at radius 1 is 1.05 bits per heavy atom. The van der Waals surface area contributed by atoms with Gasteiger partial charge in [-0.3, -0.25) is 4.79 Å². The summed E-state index contributed by atoms with van der Waals surface area (Å²) in [5.74, 6) is -0.236. The second-order valence-electron chi connectivity index (χ2n) is 5.10. The van der Waals surface area contributed by atoms with E-state index >= 15 is 0 Å². The molecular weight excluding hydrogens is 278 g/mol. The zero-order valence-electron chi connectivity index (χ0n) is 12.6. The highest BCUT2D eigenvalue weighted by molar-refractivity contribution is 6.04. The maximum atomic E-state index is 11.7. The largest absolute Gasteiger partial charge is 0.423 e. The van der Waals surface area contributed by atoms with Gasteiger partial charge >= 0.3 is 5.97 Å². The first-order valence-electron chi connectivity index (χ1n) is 6.76. The lowest BCUT2D eigenvalue weighted by Crippen LogP contribution is -2.11. The van der Waals surface area contributed by atoms with Gasteiger partial charge in [0.15, 0.2) is 0 Å². The molecule has 2 rings (SSSR count). The second-order valence-corrected chi connectivity index (χ2v) is 5.10. The molecule has 2 aromatic carbocycles. The lowest BCUT2D eigenvalue weighted by molar-refractivity contribution is -0.130. The van der Waals surface area contributed by atoms with E-state index in [1.54, 1.807) is 38.1 Å². The molecule has 0 radical (unpaired) electrons. The van der Waals surface area contributed by atoms with Crippen LogP contribution in [-0.2, 0) is 9.59 Å². The number of nitrogens with one attached hydrogen (secondary N) is 1. The van der Waals surface area contributed by atoms with Crippen LogP contribution in [0.4, 0.5) is 5.69 Å². The molecule has 0 heterocycles. The van der Waals surface area contributed by atoms with Gasteiger partial charge in [0, 0.05) is 22.2 Å². The van der Waals surface area contributed by atoms with Gasteiger partial charge in [0.1, 0.15) is 5.75 Å². The molecule has 0 atom stereocenters. The third kappa shape index (κ3) is 3.41. The van der Waals surface area contributed by atoms with Crippen molar-refractivity contribution in [2.45, 2.75) is 13.8 Å². The quantitative estimate of drug-likeness (QED) is 0.530. The van der Waals surface area contributed by atoms with Crippen molar-refractivity contribution in [1.82, 2.24) is 0 Å². The number of fused-ring (bicyclic) bond motifs is 1. The molecule has 0 aliphatic carbocycles. The highest BCUT2D eigenvalue weighted by Gasteiger charge is 2.10. The van der Waals surface area contributed by atoms with Crippen LogP contribution in [0.1, 0.15) is 13.8 Å². The Morgan fingerprint density at radius 3 is 2.41 bits per heavy atom. The molecule has 112 valence electrons. The summed E-state index contributed by atoms with van der Waals surface area (Å²) in [6.45, 7) is 10.4. The zero-order chi connectivity index (χ0) is 16.3. The summed E-state index contributed by atoms with van der Waals surface area (Å²) in [5.41, 5.74) is 1.43. The summed E-state index contributed by atoms with van der Waals surface area (Å²) in [7, 11) is 0. The normalized spacial score (nSPS) is 10.1. The molecular formula is C18H17NO3. The van der Waals surface area contributed by atoms with Crippen LogP contribution in [0.15, 0.2) is 60.7 Å². The summed E-state index contributed by atoms with van der Waals surface area (Å²) in [4.78, 5) is 23.3. The average Bonchev–Trinajstić information content (AvgIpc) is 2.47. The molecule has 4 heteroatoms. The first kappa shape index (κ1) is 15.5. The highest BCUT2D eigenvalue weighted by atomic mass is 16.5. The van der Waals surface area contributed by atoms with Crippen molar-refractivity contribution in [3.8, 4) is 5.75 Å².